The molecule has 2 aromatic rings. The van der Waals surface area contributed by atoms with Crippen LogP contribution in [0.25, 0.3) is 0 Å². The van der Waals surface area contributed by atoms with Gasteiger partial charge in [0, 0.05) is 6.42 Å². The minimum Gasteiger partial charge on any atom is -0.493 e. The minimum atomic E-state index is 0.669. The summed E-state index contributed by atoms with van der Waals surface area (Å²) in [6, 6.07) is 18.5. The molecule has 1 radical (unpaired) electrons. The highest BCUT2D eigenvalue weighted by Crippen LogP contribution is 2.14. The van der Waals surface area contributed by atoms with Crippen LogP contribution in [0.1, 0.15) is 24.5 Å². The topological polar surface area (TPSA) is 18.5 Å². The second kappa shape index (κ2) is 9.19. The van der Waals surface area contributed by atoms with Gasteiger partial charge >= 0.3 is 0 Å². The lowest BCUT2D eigenvalue weighted by atomic mass is 10.1. The van der Waals surface area contributed by atoms with E-state index in [1.54, 1.807) is 0 Å². The van der Waals surface area contributed by atoms with Crippen molar-refractivity contribution in [2.45, 2.75) is 26.4 Å². The Kier molecular flexibility index (Phi) is 6.82. The molecule has 0 aliphatic heterocycles. The van der Waals surface area contributed by atoms with Crippen molar-refractivity contribution in [3.05, 3.63) is 72.1 Å². The van der Waals surface area contributed by atoms with Crippen molar-refractivity contribution in [1.29, 1.82) is 0 Å². The van der Waals surface area contributed by atoms with Gasteiger partial charge in [0.05, 0.1) is 19.8 Å². The first-order valence-corrected chi connectivity index (χ1v) is 7.49. The predicted octanol–water partition coefficient (Wildman–Crippen LogP) is 4.44. The van der Waals surface area contributed by atoms with E-state index in [1.807, 2.05) is 30.3 Å². The van der Waals surface area contributed by atoms with Crippen molar-refractivity contribution in [2.75, 3.05) is 13.2 Å². The second-order valence-electron chi connectivity index (χ2n) is 5.00. The predicted molar refractivity (Wildman–Crippen MR) is 86.3 cm³/mol. The van der Waals surface area contributed by atoms with Crippen LogP contribution in [0.15, 0.2) is 54.6 Å². The zero-order valence-electron chi connectivity index (χ0n) is 12.6. The molecule has 0 amide bonds. The van der Waals surface area contributed by atoms with E-state index in [0.717, 1.165) is 25.2 Å². The van der Waals surface area contributed by atoms with Crippen LogP contribution in [0.5, 0.6) is 5.75 Å². The highest BCUT2D eigenvalue weighted by molar-refractivity contribution is 5.29. The minimum absolute atomic E-state index is 0.669. The first-order valence-electron chi connectivity index (χ1n) is 7.49. The molecule has 2 nitrogen and oxygen atoms in total. The third kappa shape index (κ3) is 6.01. The molecule has 0 aliphatic rings. The molecule has 0 heterocycles. The Hall–Kier alpha value is -1.80. The molecule has 2 aromatic carbocycles. The van der Waals surface area contributed by atoms with Crippen LogP contribution in [0.2, 0.25) is 0 Å². The van der Waals surface area contributed by atoms with Gasteiger partial charge in [-0.15, -0.1) is 0 Å². The SMILES string of the molecule is C[CH]Cc1cccc(OCCCOCc2ccccc2)c1. The summed E-state index contributed by atoms with van der Waals surface area (Å²) in [5.41, 5.74) is 2.50. The first-order chi connectivity index (χ1) is 10.4. The maximum Gasteiger partial charge on any atom is 0.119 e. The summed E-state index contributed by atoms with van der Waals surface area (Å²) < 4.78 is 11.4. The zero-order valence-corrected chi connectivity index (χ0v) is 12.6. The fourth-order valence-corrected chi connectivity index (χ4v) is 2.11. The molecule has 0 saturated carbocycles. The maximum atomic E-state index is 5.75. The van der Waals surface area contributed by atoms with Gasteiger partial charge in [-0.05, 0) is 36.1 Å². The van der Waals surface area contributed by atoms with Gasteiger partial charge in [0.1, 0.15) is 5.75 Å². The van der Waals surface area contributed by atoms with Gasteiger partial charge in [-0.25, -0.2) is 0 Å². The Morgan fingerprint density at radius 3 is 2.52 bits per heavy atom. The van der Waals surface area contributed by atoms with Gasteiger partial charge in [-0.3, -0.25) is 0 Å². The number of ether oxygens (including phenoxy) is 2. The van der Waals surface area contributed by atoms with Gasteiger partial charge in [0.15, 0.2) is 0 Å². The Bertz CT molecular complexity index is 508. The molecular formula is C19H23O2. The molecule has 0 spiro atoms. The van der Waals surface area contributed by atoms with Crippen molar-refractivity contribution >= 4 is 0 Å². The monoisotopic (exact) mass is 283 g/mol. The molecule has 0 saturated heterocycles. The lowest BCUT2D eigenvalue weighted by Crippen LogP contribution is -2.03. The van der Waals surface area contributed by atoms with E-state index in [1.165, 1.54) is 11.1 Å². The quantitative estimate of drug-likeness (QED) is 0.633. The van der Waals surface area contributed by atoms with Crippen molar-refractivity contribution in [3.8, 4) is 5.75 Å². The first kappa shape index (κ1) is 15.6. The summed E-state index contributed by atoms with van der Waals surface area (Å²) in [5, 5.41) is 0. The molecule has 21 heavy (non-hydrogen) atoms. The molecule has 0 bridgehead atoms. The third-order valence-electron chi connectivity index (χ3n) is 3.15. The van der Waals surface area contributed by atoms with E-state index in [2.05, 4.69) is 37.6 Å². The standard InChI is InChI=1S/C19H23O2/c1-2-8-17-11-6-12-19(15-17)21-14-7-13-20-16-18-9-4-3-5-10-18/h2-6,9-12,15H,7-8,13-14,16H2,1H3. The van der Waals surface area contributed by atoms with Crippen LogP contribution >= 0.6 is 0 Å². The van der Waals surface area contributed by atoms with Gasteiger partial charge in [-0.2, -0.15) is 0 Å². The Labute approximate surface area is 127 Å². The molecule has 0 aromatic heterocycles. The van der Waals surface area contributed by atoms with E-state index >= 15 is 0 Å². The van der Waals surface area contributed by atoms with Crippen LogP contribution in [-0.4, -0.2) is 13.2 Å². The summed E-state index contributed by atoms with van der Waals surface area (Å²) in [6.45, 7) is 4.14. The van der Waals surface area contributed by atoms with Crippen molar-refractivity contribution < 1.29 is 9.47 Å². The van der Waals surface area contributed by atoms with Crippen LogP contribution < -0.4 is 4.74 Å². The normalized spacial score (nSPS) is 10.5. The van der Waals surface area contributed by atoms with Crippen LogP contribution in [0.4, 0.5) is 0 Å². The van der Waals surface area contributed by atoms with Crippen molar-refractivity contribution in [3.63, 3.8) is 0 Å². The summed E-state index contributed by atoms with van der Waals surface area (Å²) in [6.07, 6.45) is 4.03. The smallest absolute Gasteiger partial charge is 0.119 e. The van der Waals surface area contributed by atoms with Gasteiger partial charge in [0.25, 0.3) is 0 Å². The molecule has 2 heteroatoms. The van der Waals surface area contributed by atoms with Crippen LogP contribution in [0.3, 0.4) is 0 Å². The number of hydrogen-bond acceptors (Lipinski definition) is 2. The lowest BCUT2D eigenvalue weighted by Gasteiger charge is -2.08. The highest BCUT2D eigenvalue weighted by Gasteiger charge is 1.97. The van der Waals surface area contributed by atoms with E-state index in [4.69, 9.17) is 9.47 Å². The van der Waals surface area contributed by atoms with E-state index < -0.39 is 0 Å². The second-order valence-corrected chi connectivity index (χ2v) is 5.00. The lowest BCUT2D eigenvalue weighted by molar-refractivity contribution is 0.107. The zero-order chi connectivity index (χ0) is 14.8. The fourth-order valence-electron chi connectivity index (χ4n) is 2.11. The summed E-state index contributed by atoms with van der Waals surface area (Å²) in [4.78, 5) is 0. The number of benzene rings is 2. The summed E-state index contributed by atoms with van der Waals surface area (Å²) in [5.74, 6) is 0.942. The fraction of sp³-hybridized carbons (Fsp3) is 0.316. The van der Waals surface area contributed by atoms with Crippen molar-refractivity contribution in [2.24, 2.45) is 0 Å². The Morgan fingerprint density at radius 1 is 0.905 bits per heavy atom. The molecule has 0 aliphatic carbocycles. The third-order valence-corrected chi connectivity index (χ3v) is 3.15. The average molecular weight is 283 g/mol. The molecule has 0 fully saturated rings. The van der Waals surface area contributed by atoms with E-state index in [0.29, 0.717) is 13.2 Å². The summed E-state index contributed by atoms with van der Waals surface area (Å²) >= 11 is 0. The van der Waals surface area contributed by atoms with Crippen molar-refractivity contribution in [1.82, 2.24) is 0 Å². The molecular weight excluding hydrogens is 260 g/mol. The number of hydrogen-bond donors (Lipinski definition) is 0. The molecule has 2 rings (SSSR count). The van der Waals surface area contributed by atoms with E-state index in [9.17, 15) is 0 Å². The van der Waals surface area contributed by atoms with E-state index in [-0.39, 0.29) is 0 Å². The summed E-state index contributed by atoms with van der Waals surface area (Å²) in [7, 11) is 0. The van der Waals surface area contributed by atoms with Crippen LogP contribution in [0, 0.1) is 6.42 Å². The molecule has 0 unspecified atom stereocenters. The van der Waals surface area contributed by atoms with Gasteiger partial charge in [0.2, 0.25) is 0 Å². The number of rotatable bonds is 9. The van der Waals surface area contributed by atoms with Gasteiger partial charge in [-0.1, -0.05) is 49.4 Å². The highest BCUT2D eigenvalue weighted by atomic mass is 16.5. The van der Waals surface area contributed by atoms with Gasteiger partial charge < -0.3 is 9.47 Å². The Morgan fingerprint density at radius 2 is 1.71 bits per heavy atom. The molecule has 0 N–H and O–H groups in total. The largest absolute Gasteiger partial charge is 0.493 e. The molecule has 0 atom stereocenters. The average Bonchev–Trinajstić information content (AvgIpc) is 2.52. The maximum absolute atomic E-state index is 5.75. The van der Waals surface area contributed by atoms with Crippen LogP contribution in [-0.2, 0) is 17.8 Å². The molecule has 111 valence electrons. The Balaban J connectivity index is 1.60.